The molecule has 0 atom stereocenters. The van der Waals surface area contributed by atoms with E-state index in [1.165, 1.54) is 0 Å². The van der Waals surface area contributed by atoms with Crippen LogP contribution in [0.25, 0.3) is 0 Å². The summed E-state index contributed by atoms with van der Waals surface area (Å²) in [5.41, 5.74) is 0. The topological polar surface area (TPSA) is 31.5 Å². The molecule has 0 saturated carbocycles. The van der Waals surface area contributed by atoms with Gasteiger partial charge in [0, 0.05) is 39.0 Å². The third-order valence-corrected chi connectivity index (χ3v) is 0. The predicted octanol–water partition coefficient (Wildman–Crippen LogP) is -1.48. The Balaban J connectivity index is 0. The molecule has 2 N–H and O–H groups in total. The maximum atomic E-state index is 0. The largest absolute Gasteiger partial charge is 0 e. The predicted molar refractivity (Wildman–Crippen MR) is 10.8 cm³/mol. The van der Waals surface area contributed by atoms with E-state index in [9.17, 15) is 0 Å². The second-order valence-electron chi connectivity index (χ2n) is 0. The first-order valence-electron chi connectivity index (χ1n) is 0. The molecule has 0 saturated heterocycles. The van der Waals surface area contributed by atoms with Crippen LogP contribution >= 0.6 is 0 Å². The summed E-state index contributed by atoms with van der Waals surface area (Å²) in [5.74, 6) is 0. The molecule has 0 aliphatic rings. The molecule has 0 fully saturated rings. The average Bonchev–Trinajstić information content (AvgIpc) is 0. The van der Waals surface area contributed by atoms with Crippen LogP contribution in [-0.4, -0.2) is 24.3 Å². The van der Waals surface area contributed by atoms with Gasteiger partial charge in [0.25, 0.3) is 0 Å². The van der Waals surface area contributed by atoms with Gasteiger partial charge in [-0.25, -0.2) is 0 Å². The van der Waals surface area contributed by atoms with E-state index in [1.807, 2.05) is 0 Å². The molecule has 0 bridgehead atoms. The third kappa shape index (κ3) is 9.19. The summed E-state index contributed by atoms with van der Waals surface area (Å²) in [6.07, 6.45) is 0. The molecule has 14 valence electrons. The van der Waals surface area contributed by atoms with Crippen LogP contribution in [0.4, 0.5) is 0 Å². The molecule has 0 amide bonds. The van der Waals surface area contributed by atoms with Crippen LogP contribution in [0.5, 0.6) is 0 Å². The Morgan fingerprint density at radius 2 is 0.750 bits per heavy atom. The fraction of sp³-hybridized carbons (Fsp3) is 0. The Bertz CT molecular complexity index is 6.00. The molecular weight excluding hydrogens is 154 g/mol. The minimum atomic E-state index is 0. The van der Waals surface area contributed by atoms with Crippen molar-refractivity contribution in [2.24, 2.45) is 0 Å². The Hall–Kier alpha value is 1.80. The van der Waals surface area contributed by atoms with Gasteiger partial charge in [0.15, 0.2) is 0 Å². The van der Waals surface area contributed by atoms with Crippen LogP contribution in [0.1, 0.15) is 0 Å². The Kier molecular flexibility index (Phi) is 220. The zero-order valence-corrected chi connectivity index (χ0v) is 7.85. The van der Waals surface area contributed by atoms with Crippen LogP contribution in [-0.2, 0) is 39.0 Å². The Morgan fingerprint density at radius 3 is 0.750 bits per heavy atom. The first-order valence-corrected chi connectivity index (χ1v) is 0. The number of hydrogen-bond donors (Lipinski definition) is 0. The van der Waals surface area contributed by atoms with Gasteiger partial charge in [-0.2, -0.15) is 0 Å². The van der Waals surface area contributed by atoms with Crippen LogP contribution < -0.4 is 0 Å². The summed E-state index contributed by atoms with van der Waals surface area (Å²) in [5, 5.41) is 0. The van der Waals surface area contributed by atoms with E-state index in [4.69, 9.17) is 0 Å². The molecule has 0 spiro atoms. The van der Waals surface area contributed by atoms with Crippen molar-refractivity contribution in [3.8, 4) is 0 Å². The van der Waals surface area contributed by atoms with Gasteiger partial charge in [-0.05, 0) is 0 Å². The summed E-state index contributed by atoms with van der Waals surface area (Å²) in [4.78, 5) is 0. The molecule has 0 aromatic heterocycles. The monoisotopic (exact) mass is 154 g/mol. The van der Waals surface area contributed by atoms with E-state index >= 15 is 0 Å². The molecular formula is H3LiOZn2. The van der Waals surface area contributed by atoms with Crippen molar-refractivity contribution in [3.05, 3.63) is 0 Å². The summed E-state index contributed by atoms with van der Waals surface area (Å²) in [7, 11) is 0. The number of rotatable bonds is 0. The van der Waals surface area contributed by atoms with Crippen molar-refractivity contribution in [2.45, 2.75) is 0 Å². The van der Waals surface area contributed by atoms with Crippen molar-refractivity contribution in [3.63, 3.8) is 0 Å². The molecule has 4 heavy (non-hydrogen) atoms. The molecule has 1 nitrogen and oxygen atoms in total. The zero-order chi connectivity index (χ0) is 0. The van der Waals surface area contributed by atoms with Gasteiger partial charge in [-0.1, -0.05) is 0 Å². The van der Waals surface area contributed by atoms with Crippen molar-refractivity contribution < 1.29 is 44.4 Å². The first kappa shape index (κ1) is 41.2. The second kappa shape index (κ2) is 21.4. The zero-order valence-electron chi connectivity index (χ0n) is 1.91. The molecule has 4 heteroatoms. The molecule has 0 aliphatic heterocycles. The molecule has 0 aromatic carbocycles. The smallest absolute Gasteiger partial charge is 0 e. The summed E-state index contributed by atoms with van der Waals surface area (Å²) >= 11 is 0. The van der Waals surface area contributed by atoms with Gasteiger partial charge in [-0.3, -0.25) is 0 Å². The molecule has 0 rings (SSSR count). The van der Waals surface area contributed by atoms with E-state index in [0.29, 0.717) is 0 Å². The molecule has 0 unspecified atom stereocenters. The van der Waals surface area contributed by atoms with Crippen molar-refractivity contribution >= 4 is 18.9 Å². The molecule has 0 radical (unpaired) electrons. The molecule has 0 aliphatic carbocycles. The summed E-state index contributed by atoms with van der Waals surface area (Å²) < 4.78 is 0. The Morgan fingerprint density at radius 1 is 0.750 bits per heavy atom. The number of hydrogen-bond acceptors (Lipinski definition) is 0. The van der Waals surface area contributed by atoms with Crippen LogP contribution in [0, 0.1) is 0 Å². The van der Waals surface area contributed by atoms with Gasteiger partial charge in [0.2, 0.25) is 0 Å². The summed E-state index contributed by atoms with van der Waals surface area (Å²) in [6, 6.07) is 0. The van der Waals surface area contributed by atoms with Gasteiger partial charge < -0.3 is 5.48 Å². The van der Waals surface area contributed by atoms with Gasteiger partial charge in [0.05, 0.1) is 0 Å². The van der Waals surface area contributed by atoms with E-state index in [1.54, 1.807) is 0 Å². The van der Waals surface area contributed by atoms with E-state index in [0.717, 1.165) is 0 Å². The van der Waals surface area contributed by atoms with Crippen molar-refractivity contribution in [2.75, 3.05) is 0 Å². The van der Waals surface area contributed by atoms with Crippen molar-refractivity contribution in [1.82, 2.24) is 0 Å². The second-order valence-corrected chi connectivity index (χ2v) is 0. The van der Waals surface area contributed by atoms with Gasteiger partial charge >= 0.3 is 18.9 Å². The summed E-state index contributed by atoms with van der Waals surface area (Å²) in [6.45, 7) is 0. The van der Waals surface area contributed by atoms with E-state index in [-0.39, 0.29) is 63.3 Å². The SMILES string of the molecule is O.[LiH].[Zn].[Zn]. The molecule has 0 aromatic rings. The van der Waals surface area contributed by atoms with Gasteiger partial charge in [0.1, 0.15) is 0 Å². The Labute approximate surface area is 62.9 Å². The van der Waals surface area contributed by atoms with Crippen molar-refractivity contribution in [1.29, 1.82) is 0 Å². The first-order chi connectivity index (χ1) is 0. The van der Waals surface area contributed by atoms with E-state index in [2.05, 4.69) is 0 Å². The minimum absolute atomic E-state index is 0. The fourth-order valence-electron chi connectivity index (χ4n) is 0. The van der Waals surface area contributed by atoms with Gasteiger partial charge in [-0.15, -0.1) is 0 Å². The maximum absolute atomic E-state index is 0. The van der Waals surface area contributed by atoms with Crippen LogP contribution in [0.15, 0.2) is 0 Å². The standard InChI is InChI=1S/Li.H2O.2Zn.H/h;1H2;;;. The van der Waals surface area contributed by atoms with E-state index < -0.39 is 0 Å². The quantitative estimate of drug-likeness (QED) is 0.384. The minimum Gasteiger partial charge on any atom is 0 e. The maximum Gasteiger partial charge on any atom is 0 e. The third-order valence-electron chi connectivity index (χ3n) is 0. The van der Waals surface area contributed by atoms with Crippen LogP contribution in [0.3, 0.4) is 0 Å². The average molecular weight is 157 g/mol. The normalized spacial score (nSPS) is 0. The fourth-order valence-corrected chi connectivity index (χ4v) is 0. The van der Waals surface area contributed by atoms with Crippen LogP contribution in [0.2, 0.25) is 0 Å². The molecule has 0 heterocycles.